The number of hydrogen-bond donors (Lipinski definition) is 1. The average Bonchev–Trinajstić information content (AvgIpc) is 2.81. The van der Waals surface area contributed by atoms with E-state index in [4.69, 9.17) is 9.84 Å². The zero-order valence-corrected chi connectivity index (χ0v) is 13.0. The monoisotopic (exact) mass is 302 g/mol. The van der Waals surface area contributed by atoms with Crippen LogP contribution in [-0.4, -0.2) is 67.0 Å². The van der Waals surface area contributed by atoms with Gasteiger partial charge in [0.1, 0.15) is 11.6 Å². The lowest BCUT2D eigenvalue weighted by Gasteiger charge is -2.21. The van der Waals surface area contributed by atoms with E-state index in [1.807, 2.05) is 19.0 Å². The van der Waals surface area contributed by atoms with Crippen molar-refractivity contribution >= 4 is 22.4 Å². The Morgan fingerprint density at radius 3 is 2.65 bits per heavy atom. The van der Waals surface area contributed by atoms with Crippen LogP contribution in [0.1, 0.15) is 17.8 Å². The van der Waals surface area contributed by atoms with E-state index in [-0.39, 0.29) is 6.42 Å². The Morgan fingerprint density at radius 2 is 2.05 bits per heavy atom. The third kappa shape index (κ3) is 6.27. The summed E-state index contributed by atoms with van der Waals surface area (Å²) in [5.74, 6) is -0.802. The molecule has 1 aromatic rings. The van der Waals surface area contributed by atoms with Gasteiger partial charge in [-0.2, -0.15) is 0 Å². The molecule has 0 unspecified atom stereocenters. The smallest absolute Gasteiger partial charge is 0.305 e. The summed E-state index contributed by atoms with van der Waals surface area (Å²) in [6.07, 6.45) is 1.05. The van der Waals surface area contributed by atoms with Crippen LogP contribution in [0.3, 0.4) is 0 Å². The molecule has 0 spiro atoms. The number of rotatable bonds is 10. The van der Waals surface area contributed by atoms with Crippen LogP contribution in [0.2, 0.25) is 0 Å². The molecule has 7 nitrogen and oxygen atoms in total. The molecular weight excluding hydrogens is 280 g/mol. The van der Waals surface area contributed by atoms with Crippen LogP contribution in [-0.2, 0) is 16.1 Å². The molecule has 1 rings (SSSR count). The number of carbonyl (C=O) groups is 1. The first-order valence-electron chi connectivity index (χ1n) is 6.45. The minimum atomic E-state index is -0.802. The van der Waals surface area contributed by atoms with Crippen molar-refractivity contribution in [2.24, 2.45) is 0 Å². The zero-order valence-electron chi connectivity index (χ0n) is 12.2. The van der Waals surface area contributed by atoms with E-state index < -0.39 is 5.97 Å². The summed E-state index contributed by atoms with van der Waals surface area (Å²) in [6, 6.07) is 0. The summed E-state index contributed by atoms with van der Waals surface area (Å²) in [6.45, 7) is 2.60. The minimum absolute atomic E-state index is 0.0984. The van der Waals surface area contributed by atoms with E-state index in [1.165, 1.54) is 11.3 Å². The summed E-state index contributed by atoms with van der Waals surface area (Å²) in [5, 5.41) is 18.5. The molecular formula is C12H22N4O3S. The van der Waals surface area contributed by atoms with E-state index in [2.05, 4.69) is 15.1 Å². The van der Waals surface area contributed by atoms with Crippen molar-refractivity contribution < 1.29 is 14.6 Å². The van der Waals surface area contributed by atoms with E-state index in [0.717, 1.165) is 29.6 Å². The van der Waals surface area contributed by atoms with Crippen LogP contribution in [0, 0.1) is 0 Å². The third-order valence-electron chi connectivity index (χ3n) is 2.62. The van der Waals surface area contributed by atoms with Gasteiger partial charge in [0.2, 0.25) is 5.13 Å². The summed E-state index contributed by atoms with van der Waals surface area (Å²) < 4.78 is 5.02. The van der Waals surface area contributed by atoms with Crippen molar-refractivity contribution in [1.29, 1.82) is 0 Å². The second-order valence-electron chi connectivity index (χ2n) is 4.70. The number of carboxylic acids is 1. The number of nitrogens with zero attached hydrogens (tertiary/aromatic N) is 4. The summed E-state index contributed by atoms with van der Waals surface area (Å²) in [5.41, 5.74) is 0. The quantitative estimate of drug-likeness (QED) is 0.688. The average molecular weight is 302 g/mol. The van der Waals surface area contributed by atoms with E-state index in [9.17, 15) is 4.79 Å². The van der Waals surface area contributed by atoms with Crippen molar-refractivity contribution in [2.45, 2.75) is 19.4 Å². The van der Waals surface area contributed by atoms with Crippen LogP contribution in [0.25, 0.3) is 0 Å². The maximum Gasteiger partial charge on any atom is 0.305 e. The number of ether oxygens (including phenoxy) is 1. The Kier molecular flexibility index (Phi) is 7.42. The van der Waals surface area contributed by atoms with Crippen LogP contribution < -0.4 is 4.90 Å². The zero-order chi connectivity index (χ0) is 15.0. The lowest BCUT2D eigenvalue weighted by molar-refractivity contribution is -0.136. The molecule has 20 heavy (non-hydrogen) atoms. The predicted octanol–water partition coefficient (Wildman–Crippen LogP) is 0.917. The molecule has 0 fully saturated rings. The third-order valence-corrected chi connectivity index (χ3v) is 3.58. The summed E-state index contributed by atoms with van der Waals surface area (Å²) in [4.78, 5) is 14.8. The first-order valence-corrected chi connectivity index (χ1v) is 7.27. The first kappa shape index (κ1) is 16.8. The van der Waals surface area contributed by atoms with Crippen LogP contribution in [0.15, 0.2) is 0 Å². The Labute approximate surface area is 123 Å². The molecule has 0 saturated heterocycles. The molecule has 0 aromatic carbocycles. The highest BCUT2D eigenvalue weighted by Crippen LogP contribution is 2.21. The molecule has 0 atom stereocenters. The maximum absolute atomic E-state index is 10.7. The van der Waals surface area contributed by atoms with Crippen LogP contribution in [0.4, 0.5) is 5.13 Å². The van der Waals surface area contributed by atoms with E-state index >= 15 is 0 Å². The van der Waals surface area contributed by atoms with Gasteiger partial charge in [-0.15, -0.1) is 10.2 Å². The van der Waals surface area contributed by atoms with Gasteiger partial charge in [-0.25, -0.2) is 0 Å². The molecule has 0 aliphatic carbocycles. The van der Waals surface area contributed by atoms with Crippen LogP contribution >= 0.6 is 11.3 Å². The molecule has 1 aromatic heterocycles. The second kappa shape index (κ2) is 8.83. The van der Waals surface area contributed by atoms with Crippen LogP contribution in [0.5, 0.6) is 0 Å². The highest BCUT2D eigenvalue weighted by atomic mass is 32.1. The van der Waals surface area contributed by atoms with Crippen molar-refractivity contribution in [1.82, 2.24) is 15.1 Å². The molecule has 114 valence electrons. The van der Waals surface area contributed by atoms with E-state index in [0.29, 0.717) is 13.2 Å². The van der Waals surface area contributed by atoms with Crippen molar-refractivity contribution in [3.8, 4) is 0 Å². The molecule has 0 amide bonds. The highest BCUT2D eigenvalue weighted by molar-refractivity contribution is 7.15. The number of hydrogen-bond acceptors (Lipinski definition) is 7. The minimum Gasteiger partial charge on any atom is -0.481 e. The normalized spacial score (nSPS) is 11.0. The Balaban J connectivity index is 2.61. The summed E-state index contributed by atoms with van der Waals surface area (Å²) in [7, 11) is 5.65. The molecule has 1 N–H and O–H groups in total. The van der Waals surface area contributed by atoms with Crippen molar-refractivity contribution in [3.63, 3.8) is 0 Å². The molecule has 0 radical (unpaired) electrons. The highest BCUT2D eigenvalue weighted by Gasteiger charge is 2.14. The number of methoxy groups -OCH3 is 1. The molecule has 0 aliphatic rings. The van der Waals surface area contributed by atoms with Gasteiger partial charge in [0.25, 0.3) is 0 Å². The number of aromatic nitrogens is 2. The SMILES string of the molecule is COCc1nnc(N(CCCN(C)C)CCC(=O)O)s1. The Bertz CT molecular complexity index is 411. The molecule has 8 heteroatoms. The maximum atomic E-state index is 10.7. The lowest BCUT2D eigenvalue weighted by Crippen LogP contribution is -2.29. The molecule has 0 aliphatic heterocycles. The topological polar surface area (TPSA) is 78.8 Å². The Morgan fingerprint density at radius 1 is 1.30 bits per heavy atom. The number of aliphatic carboxylic acids is 1. The van der Waals surface area contributed by atoms with Gasteiger partial charge in [-0.1, -0.05) is 11.3 Å². The largest absolute Gasteiger partial charge is 0.481 e. The standard InChI is InChI=1S/C12H22N4O3S/c1-15(2)6-4-7-16(8-5-11(17)18)12-14-13-10(20-12)9-19-3/h4-9H2,1-3H3,(H,17,18). The first-order chi connectivity index (χ1) is 9.52. The van der Waals surface area contributed by atoms with Crippen molar-refractivity contribution in [2.75, 3.05) is 45.7 Å². The predicted molar refractivity (Wildman–Crippen MR) is 78.3 cm³/mol. The number of carboxylic acid groups (broad SMARTS) is 1. The molecule has 0 bridgehead atoms. The van der Waals surface area contributed by atoms with Crippen molar-refractivity contribution in [3.05, 3.63) is 5.01 Å². The van der Waals surface area contributed by atoms with Gasteiger partial charge in [0, 0.05) is 20.2 Å². The molecule has 0 saturated carbocycles. The van der Waals surface area contributed by atoms with Gasteiger partial charge in [0.15, 0.2) is 0 Å². The van der Waals surface area contributed by atoms with Gasteiger partial charge in [-0.3, -0.25) is 4.79 Å². The van der Waals surface area contributed by atoms with E-state index in [1.54, 1.807) is 7.11 Å². The fourth-order valence-corrected chi connectivity index (χ4v) is 2.53. The van der Waals surface area contributed by atoms with Gasteiger partial charge < -0.3 is 19.6 Å². The number of anilines is 1. The molecule has 1 heterocycles. The fourth-order valence-electron chi connectivity index (χ4n) is 1.67. The second-order valence-corrected chi connectivity index (χ2v) is 5.74. The van der Waals surface area contributed by atoms with Gasteiger partial charge >= 0.3 is 5.97 Å². The summed E-state index contributed by atoms with van der Waals surface area (Å²) >= 11 is 1.45. The van der Waals surface area contributed by atoms with Gasteiger partial charge in [0.05, 0.1) is 6.42 Å². The fraction of sp³-hybridized carbons (Fsp3) is 0.750. The lowest BCUT2D eigenvalue weighted by atomic mass is 10.3. The van der Waals surface area contributed by atoms with Gasteiger partial charge in [-0.05, 0) is 27.1 Å². The Hall–Kier alpha value is -1.25.